The molecule has 2 amide bonds. The minimum atomic E-state index is -2.62. The van der Waals surface area contributed by atoms with Crippen molar-refractivity contribution in [1.29, 1.82) is 0 Å². The van der Waals surface area contributed by atoms with E-state index in [1.165, 1.54) is 12.1 Å². The van der Waals surface area contributed by atoms with Gasteiger partial charge < -0.3 is 15.2 Å². The molecule has 3 N–H and O–H groups in total. The summed E-state index contributed by atoms with van der Waals surface area (Å²) in [6.07, 6.45) is -0.543. The molecule has 1 aliphatic heterocycles. The van der Waals surface area contributed by atoms with Gasteiger partial charge in [0.05, 0.1) is 20.8 Å². The second-order valence-electron chi connectivity index (χ2n) is 9.74. The molecule has 1 unspecified atom stereocenters. The zero-order valence-electron chi connectivity index (χ0n) is 19.5. The molecule has 3 heterocycles. The number of hydrogen-bond acceptors (Lipinski definition) is 5. The lowest BCUT2D eigenvalue weighted by Gasteiger charge is -2.18. The lowest BCUT2D eigenvalue weighted by molar-refractivity contribution is 0.0938. The van der Waals surface area contributed by atoms with Gasteiger partial charge in [0.15, 0.2) is 0 Å². The molecule has 2 aromatic heterocycles. The van der Waals surface area contributed by atoms with Crippen molar-refractivity contribution in [3.05, 3.63) is 45.6 Å². The fourth-order valence-electron chi connectivity index (χ4n) is 3.89. The number of anilines is 1. The Hall–Kier alpha value is -2.85. The van der Waals surface area contributed by atoms with Crippen LogP contribution in [0, 0.1) is 5.41 Å². The van der Waals surface area contributed by atoms with Crippen molar-refractivity contribution in [3.63, 3.8) is 0 Å². The van der Waals surface area contributed by atoms with E-state index in [0.29, 0.717) is 30.1 Å². The highest BCUT2D eigenvalue weighted by Crippen LogP contribution is 2.28. The minimum Gasteiger partial charge on any atom is -0.352 e. The smallest absolute Gasteiger partial charge is 0.272 e. The number of benzene rings is 1. The van der Waals surface area contributed by atoms with Gasteiger partial charge in [0.25, 0.3) is 18.2 Å². The summed E-state index contributed by atoms with van der Waals surface area (Å²) < 4.78 is 27.8. The number of halogens is 2. The van der Waals surface area contributed by atoms with Gasteiger partial charge in [0, 0.05) is 24.7 Å². The monoisotopic (exact) mass is 489 g/mol. The predicted molar refractivity (Wildman–Crippen MR) is 130 cm³/mol. The van der Waals surface area contributed by atoms with Gasteiger partial charge in [-0.15, -0.1) is 11.3 Å². The van der Waals surface area contributed by atoms with E-state index in [9.17, 15) is 18.4 Å². The van der Waals surface area contributed by atoms with Crippen LogP contribution in [0.1, 0.15) is 64.9 Å². The lowest BCUT2D eigenvalue weighted by Crippen LogP contribution is -2.32. The number of nitrogens with zero attached hydrogens (tertiary/aromatic N) is 2. The summed E-state index contributed by atoms with van der Waals surface area (Å²) in [6.45, 7) is 8.19. The number of fused-ring (bicyclic) bond motifs is 1. The Kier molecular flexibility index (Phi) is 6.99. The number of alkyl halides is 2. The van der Waals surface area contributed by atoms with E-state index in [4.69, 9.17) is 0 Å². The second-order valence-corrected chi connectivity index (χ2v) is 10.9. The summed E-state index contributed by atoms with van der Waals surface area (Å²) in [6, 6.07) is 8.18. The number of carbonyl (C=O) groups is 2. The highest BCUT2D eigenvalue weighted by Gasteiger charge is 2.22. The molecular weight excluding hydrogens is 460 g/mol. The Labute approximate surface area is 200 Å². The standard InChI is InChI=1S/C24H29F2N5O2S/c1-24(2,3)13-28-21(32)14-6-7-17-16(11-14)29-23(31(17)12-15-5-4-10-27-15)30-22(33)19-9-8-18(34-19)20(25)26/h6-9,11,15,20,27H,4-5,10,12-13H2,1-3H3,(H,28,32)(H,29,30,33). The van der Waals surface area contributed by atoms with Crippen LogP contribution in [0.3, 0.4) is 0 Å². The third kappa shape index (κ3) is 5.61. The molecule has 1 aliphatic rings. The van der Waals surface area contributed by atoms with Crippen LogP contribution in [0.2, 0.25) is 0 Å². The van der Waals surface area contributed by atoms with Crippen molar-refractivity contribution in [3.8, 4) is 0 Å². The van der Waals surface area contributed by atoms with E-state index in [2.05, 4.69) is 20.9 Å². The summed E-state index contributed by atoms with van der Waals surface area (Å²) in [7, 11) is 0. The zero-order valence-corrected chi connectivity index (χ0v) is 20.3. The number of imidazole rings is 1. The van der Waals surface area contributed by atoms with Crippen molar-refractivity contribution in [2.45, 2.75) is 52.6 Å². The first-order valence-electron chi connectivity index (χ1n) is 11.3. The average Bonchev–Trinajstić information content (AvgIpc) is 3.52. The van der Waals surface area contributed by atoms with E-state index < -0.39 is 12.3 Å². The molecule has 0 spiro atoms. The molecule has 1 fully saturated rings. The number of thiophene rings is 1. The second kappa shape index (κ2) is 9.79. The third-order valence-electron chi connectivity index (χ3n) is 5.65. The van der Waals surface area contributed by atoms with Gasteiger partial charge >= 0.3 is 0 Å². The molecule has 182 valence electrons. The molecule has 0 saturated carbocycles. The Morgan fingerprint density at radius 1 is 1.24 bits per heavy atom. The molecule has 4 rings (SSSR count). The van der Waals surface area contributed by atoms with Crippen molar-refractivity contribution in [2.24, 2.45) is 5.41 Å². The fraction of sp³-hybridized carbons (Fsp3) is 0.458. The normalized spacial score (nSPS) is 16.4. The van der Waals surface area contributed by atoms with Crippen molar-refractivity contribution in [2.75, 3.05) is 18.4 Å². The van der Waals surface area contributed by atoms with Crippen molar-refractivity contribution < 1.29 is 18.4 Å². The molecule has 3 aromatic rings. The van der Waals surface area contributed by atoms with Gasteiger partial charge in [-0.1, -0.05) is 20.8 Å². The maximum absolute atomic E-state index is 12.9. The van der Waals surface area contributed by atoms with Gasteiger partial charge in [-0.05, 0) is 55.1 Å². The maximum Gasteiger partial charge on any atom is 0.272 e. The number of carbonyl (C=O) groups excluding carboxylic acids is 2. The molecule has 1 aromatic carbocycles. The van der Waals surface area contributed by atoms with Gasteiger partial charge in [-0.25, -0.2) is 13.8 Å². The van der Waals surface area contributed by atoms with E-state index in [0.717, 1.165) is 36.2 Å². The molecule has 7 nitrogen and oxygen atoms in total. The first-order chi connectivity index (χ1) is 16.1. The molecule has 1 atom stereocenters. The Bertz CT molecular complexity index is 1190. The van der Waals surface area contributed by atoms with E-state index in [1.54, 1.807) is 12.1 Å². The zero-order chi connectivity index (χ0) is 24.5. The SMILES string of the molecule is CC(C)(C)CNC(=O)c1ccc2c(c1)nc(NC(=O)c1ccc(C(F)F)s1)n2CC1CCCN1. The Balaban J connectivity index is 1.63. The summed E-state index contributed by atoms with van der Waals surface area (Å²) in [4.78, 5) is 30.1. The average molecular weight is 490 g/mol. The highest BCUT2D eigenvalue weighted by atomic mass is 32.1. The molecule has 0 radical (unpaired) electrons. The summed E-state index contributed by atoms with van der Waals surface area (Å²) >= 11 is 0.763. The Morgan fingerprint density at radius 3 is 2.68 bits per heavy atom. The van der Waals surface area contributed by atoms with Gasteiger partial charge in [0.1, 0.15) is 0 Å². The van der Waals surface area contributed by atoms with Crippen LogP contribution in [-0.2, 0) is 6.54 Å². The molecular formula is C24H29F2N5O2S. The van der Waals surface area contributed by atoms with E-state index >= 15 is 0 Å². The molecule has 34 heavy (non-hydrogen) atoms. The van der Waals surface area contributed by atoms with Crippen LogP contribution < -0.4 is 16.0 Å². The highest BCUT2D eigenvalue weighted by molar-refractivity contribution is 7.14. The predicted octanol–water partition coefficient (Wildman–Crippen LogP) is 4.82. The van der Waals surface area contributed by atoms with Gasteiger partial charge in [-0.3, -0.25) is 14.9 Å². The number of nitrogens with one attached hydrogen (secondary N) is 3. The number of hydrogen-bond donors (Lipinski definition) is 3. The van der Waals surface area contributed by atoms with E-state index in [-0.39, 0.29) is 27.1 Å². The van der Waals surface area contributed by atoms with E-state index in [1.807, 2.05) is 31.4 Å². The number of rotatable bonds is 7. The fourth-order valence-corrected chi connectivity index (χ4v) is 4.65. The quantitative estimate of drug-likeness (QED) is 0.444. The summed E-state index contributed by atoms with van der Waals surface area (Å²) in [5.74, 6) is -0.350. The third-order valence-corrected chi connectivity index (χ3v) is 6.74. The van der Waals surface area contributed by atoms with Crippen LogP contribution in [0.4, 0.5) is 14.7 Å². The topological polar surface area (TPSA) is 88.1 Å². The molecule has 0 aliphatic carbocycles. The van der Waals surface area contributed by atoms with Gasteiger partial charge in [0.2, 0.25) is 5.95 Å². The van der Waals surface area contributed by atoms with Crippen LogP contribution >= 0.6 is 11.3 Å². The Morgan fingerprint density at radius 2 is 2.03 bits per heavy atom. The van der Waals surface area contributed by atoms with Crippen LogP contribution in [0.5, 0.6) is 0 Å². The first-order valence-corrected chi connectivity index (χ1v) is 12.1. The first kappa shape index (κ1) is 24.3. The minimum absolute atomic E-state index is 0.0426. The molecule has 10 heteroatoms. The lowest BCUT2D eigenvalue weighted by atomic mass is 9.97. The van der Waals surface area contributed by atoms with Crippen molar-refractivity contribution in [1.82, 2.24) is 20.2 Å². The molecule has 0 bridgehead atoms. The summed E-state index contributed by atoms with van der Waals surface area (Å²) in [5, 5.41) is 9.16. The van der Waals surface area contributed by atoms with Crippen LogP contribution in [-0.4, -0.2) is 40.5 Å². The molecule has 1 saturated heterocycles. The summed E-state index contributed by atoms with van der Waals surface area (Å²) in [5.41, 5.74) is 1.81. The van der Waals surface area contributed by atoms with Crippen LogP contribution in [0.25, 0.3) is 11.0 Å². The maximum atomic E-state index is 12.9. The van der Waals surface area contributed by atoms with Crippen LogP contribution in [0.15, 0.2) is 30.3 Å². The largest absolute Gasteiger partial charge is 0.352 e. The van der Waals surface area contributed by atoms with Crippen molar-refractivity contribution >= 4 is 40.1 Å². The van der Waals surface area contributed by atoms with Gasteiger partial charge in [-0.2, -0.15) is 0 Å². The number of amides is 2. The number of aromatic nitrogens is 2.